The van der Waals surface area contributed by atoms with Gasteiger partial charge in [-0.3, -0.25) is 14.9 Å². The largest absolute Gasteiger partial charge is 0.497 e. The van der Waals surface area contributed by atoms with Crippen LogP contribution < -0.4 is 20.7 Å². The molecule has 3 rings (SSSR count). The molecule has 0 atom stereocenters. The Morgan fingerprint density at radius 3 is 2.66 bits per heavy atom. The Morgan fingerprint density at radius 2 is 1.93 bits per heavy atom. The predicted molar refractivity (Wildman–Crippen MR) is 122 cm³/mol. The molecule has 0 unspecified atom stereocenters. The van der Waals surface area contributed by atoms with E-state index in [2.05, 4.69) is 16.0 Å². The number of halogens is 1. The van der Waals surface area contributed by atoms with Gasteiger partial charge in [-0.1, -0.05) is 23.7 Å². The average molecular weight is 448 g/mol. The van der Waals surface area contributed by atoms with E-state index in [4.69, 9.17) is 28.6 Å². The number of ether oxygens (including phenoxy) is 1. The maximum Gasteiger partial charge on any atom is 0.269 e. The zero-order chi connectivity index (χ0) is 21.0. The molecule has 3 aromatic rings. The Hall–Kier alpha value is -2.68. The number of anilines is 1. The van der Waals surface area contributed by atoms with Crippen molar-refractivity contribution in [2.24, 2.45) is 0 Å². The quantitative estimate of drug-likeness (QED) is 0.504. The monoisotopic (exact) mass is 447 g/mol. The topological polar surface area (TPSA) is 79.5 Å². The van der Waals surface area contributed by atoms with Crippen molar-refractivity contribution in [3.63, 3.8) is 0 Å². The summed E-state index contributed by atoms with van der Waals surface area (Å²) in [6.45, 7) is 2.34. The van der Waals surface area contributed by atoms with Crippen molar-refractivity contribution < 1.29 is 14.3 Å². The summed E-state index contributed by atoms with van der Waals surface area (Å²) in [5.41, 5.74) is 0.925. The molecule has 0 aliphatic rings. The molecule has 0 fully saturated rings. The van der Waals surface area contributed by atoms with E-state index in [-0.39, 0.29) is 11.0 Å². The van der Waals surface area contributed by atoms with Crippen molar-refractivity contribution in [3.8, 4) is 5.75 Å². The van der Waals surface area contributed by atoms with Crippen LogP contribution in [0.15, 0.2) is 42.5 Å². The summed E-state index contributed by atoms with van der Waals surface area (Å²) >= 11 is 12.9. The summed E-state index contributed by atoms with van der Waals surface area (Å²) in [6.07, 6.45) is 0. The van der Waals surface area contributed by atoms with Crippen molar-refractivity contribution in [2.45, 2.75) is 6.92 Å². The highest BCUT2D eigenvalue weighted by Gasteiger charge is 2.19. The number of carbonyl (C=O) groups excluding carboxylic acids is 2. The van der Waals surface area contributed by atoms with Gasteiger partial charge in [0.1, 0.15) is 10.6 Å². The van der Waals surface area contributed by atoms with Crippen LogP contribution >= 0.6 is 35.2 Å². The Balaban J connectivity index is 1.77. The molecule has 0 radical (unpaired) electrons. The Labute approximate surface area is 182 Å². The minimum absolute atomic E-state index is 0.0675. The summed E-state index contributed by atoms with van der Waals surface area (Å²) < 4.78 is 6.04. The van der Waals surface area contributed by atoms with Crippen molar-refractivity contribution in [3.05, 3.63) is 57.9 Å². The van der Waals surface area contributed by atoms with Gasteiger partial charge < -0.3 is 15.4 Å². The van der Waals surface area contributed by atoms with E-state index in [0.29, 0.717) is 33.4 Å². The standard InChI is InChI=1S/C20H18ClN3O3S2/c1-3-22-18(25)12-6-4-5-7-14(12)23-20(28)24-19(26)17-16(21)13-9-8-11(27-2)10-15(13)29-17/h4-10H,3H2,1-2H3,(H,22,25)(H2,23,24,26,28). The fourth-order valence-corrected chi connectivity index (χ4v) is 4.32. The lowest BCUT2D eigenvalue weighted by Crippen LogP contribution is -2.34. The number of amides is 2. The molecular weight excluding hydrogens is 430 g/mol. The summed E-state index contributed by atoms with van der Waals surface area (Å²) in [4.78, 5) is 25.2. The number of rotatable bonds is 5. The molecule has 9 heteroatoms. The van der Waals surface area contributed by atoms with Crippen molar-refractivity contribution >= 4 is 67.9 Å². The number of carbonyl (C=O) groups is 2. The van der Waals surface area contributed by atoms with E-state index < -0.39 is 5.91 Å². The second-order valence-corrected chi connectivity index (χ2v) is 7.76. The predicted octanol–water partition coefficient (Wildman–Crippen LogP) is 4.44. The van der Waals surface area contributed by atoms with Crippen LogP contribution in [0.3, 0.4) is 0 Å². The molecule has 6 nitrogen and oxygen atoms in total. The number of nitrogens with one attached hydrogen (secondary N) is 3. The average Bonchev–Trinajstić information content (AvgIpc) is 3.04. The Kier molecular flexibility index (Phi) is 6.68. The Morgan fingerprint density at radius 1 is 1.17 bits per heavy atom. The molecule has 150 valence electrons. The van der Waals surface area contributed by atoms with Crippen LogP contribution in [0.5, 0.6) is 5.75 Å². The van der Waals surface area contributed by atoms with Gasteiger partial charge in [-0.15, -0.1) is 11.3 Å². The molecule has 0 aliphatic carbocycles. The van der Waals surface area contributed by atoms with Crippen LogP contribution in [-0.2, 0) is 0 Å². The lowest BCUT2D eigenvalue weighted by atomic mass is 10.1. The molecule has 0 saturated carbocycles. The van der Waals surface area contributed by atoms with Gasteiger partial charge in [0.25, 0.3) is 11.8 Å². The number of fused-ring (bicyclic) bond motifs is 1. The third-order valence-electron chi connectivity index (χ3n) is 4.03. The maximum absolute atomic E-state index is 12.7. The molecule has 2 amide bonds. The van der Waals surface area contributed by atoms with Gasteiger partial charge in [0.2, 0.25) is 0 Å². The first kappa shape index (κ1) is 21.0. The lowest BCUT2D eigenvalue weighted by Gasteiger charge is -2.13. The van der Waals surface area contributed by atoms with Crippen LogP contribution in [0, 0.1) is 0 Å². The number of thiocarbonyl (C=S) groups is 1. The zero-order valence-corrected chi connectivity index (χ0v) is 18.1. The van der Waals surface area contributed by atoms with Gasteiger partial charge in [0.05, 0.1) is 23.4 Å². The molecule has 3 N–H and O–H groups in total. The molecule has 1 heterocycles. The highest BCUT2D eigenvalue weighted by Crippen LogP contribution is 2.37. The SMILES string of the molecule is CCNC(=O)c1ccccc1NC(=S)NC(=O)c1sc2cc(OC)ccc2c1Cl. The summed E-state index contributed by atoms with van der Waals surface area (Å²) in [5, 5.41) is 9.45. The van der Waals surface area contributed by atoms with Gasteiger partial charge in [0, 0.05) is 16.6 Å². The molecule has 0 bridgehead atoms. The maximum atomic E-state index is 12.7. The van der Waals surface area contributed by atoms with E-state index in [1.165, 1.54) is 11.3 Å². The van der Waals surface area contributed by atoms with Gasteiger partial charge in [-0.05, 0) is 49.5 Å². The molecule has 0 spiro atoms. The number of para-hydroxylation sites is 1. The van der Waals surface area contributed by atoms with Crippen LogP contribution in [-0.4, -0.2) is 30.6 Å². The van der Waals surface area contributed by atoms with Gasteiger partial charge in [0.15, 0.2) is 5.11 Å². The molecule has 0 saturated heterocycles. The second-order valence-electron chi connectivity index (χ2n) is 5.92. The molecule has 2 aromatic carbocycles. The second kappa shape index (κ2) is 9.21. The molecule has 1 aromatic heterocycles. The van der Waals surface area contributed by atoms with Crippen LogP contribution in [0.1, 0.15) is 27.0 Å². The van der Waals surface area contributed by atoms with E-state index in [9.17, 15) is 9.59 Å². The summed E-state index contributed by atoms with van der Waals surface area (Å²) in [5.74, 6) is 0.0240. The number of hydrogen-bond donors (Lipinski definition) is 3. The van der Waals surface area contributed by atoms with Crippen LogP contribution in [0.2, 0.25) is 5.02 Å². The van der Waals surface area contributed by atoms with Gasteiger partial charge in [-0.25, -0.2) is 0 Å². The number of benzene rings is 2. The molecule has 0 aliphatic heterocycles. The van der Waals surface area contributed by atoms with Crippen molar-refractivity contribution in [1.82, 2.24) is 10.6 Å². The summed E-state index contributed by atoms with van der Waals surface area (Å²) in [7, 11) is 1.58. The van der Waals surface area contributed by atoms with E-state index >= 15 is 0 Å². The minimum Gasteiger partial charge on any atom is -0.497 e. The van der Waals surface area contributed by atoms with Gasteiger partial charge >= 0.3 is 0 Å². The minimum atomic E-state index is -0.428. The summed E-state index contributed by atoms with van der Waals surface area (Å²) in [6, 6.07) is 12.3. The number of hydrogen-bond acceptors (Lipinski definition) is 5. The fraction of sp³-hybridized carbons (Fsp3) is 0.150. The number of thiophene rings is 1. The van der Waals surface area contributed by atoms with Gasteiger partial charge in [-0.2, -0.15) is 0 Å². The van der Waals surface area contributed by atoms with E-state index in [0.717, 1.165) is 10.1 Å². The third-order valence-corrected chi connectivity index (χ3v) is 5.89. The van der Waals surface area contributed by atoms with Crippen LogP contribution in [0.4, 0.5) is 5.69 Å². The number of methoxy groups -OCH3 is 1. The first-order valence-electron chi connectivity index (χ1n) is 8.70. The lowest BCUT2D eigenvalue weighted by molar-refractivity contribution is 0.0954. The normalized spacial score (nSPS) is 10.4. The highest BCUT2D eigenvalue weighted by molar-refractivity contribution is 7.80. The van der Waals surface area contributed by atoms with Crippen molar-refractivity contribution in [2.75, 3.05) is 19.0 Å². The Bertz CT molecular complexity index is 1100. The highest BCUT2D eigenvalue weighted by atomic mass is 35.5. The third kappa shape index (κ3) is 4.67. The van der Waals surface area contributed by atoms with Crippen molar-refractivity contribution in [1.29, 1.82) is 0 Å². The zero-order valence-electron chi connectivity index (χ0n) is 15.7. The molecular formula is C20H18ClN3O3S2. The van der Waals surface area contributed by atoms with E-state index in [1.807, 2.05) is 19.1 Å². The van der Waals surface area contributed by atoms with E-state index in [1.54, 1.807) is 37.4 Å². The fourth-order valence-electron chi connectivity index (χ4n) is 2.68. The smallest absolute Gasteiger partial charge is 0.269 e. The molecule has 29 heavy (non-hydrogen) atoms. The first-order chi connectivity index (χ1) is 13.9. The van der Waals surface area contributed by atoms with Crippen LogP contribution in [0.25, 0.3) is 10.1 Å². The first-order valence-corrected chi connectivity index (χ1v) is 10.3.